The monoisotopic (exact) mass is 678 g/mol. The summed E-state index contributed by atoms with van der Waals surface area (Å²) in [5, 5.41) is -0.181. The third kappa shape index (κ3) is 7.03. The van der Waals surface area contributed by atoms with Crippen LogP contribution in [0.1, 0.15) is 37.5 Å². The highest BCUT2D eigenvalue weighted by molar-refractivity contribution is 7.90. The van der Waals surface area contributed by atoms with Crippen molar-refractivity contribution in [2.45, 2.75) is 50.1 Å². The second-order valence-electron chi connectivity index (χ2n) is 12.0. The lowest BCUT2D eigenvalue weighted by Gasteiger charge is -2.25. The molecule has 0 aliphatic carbocycles. The summed E-state index contributed by atoms with van der Waals surface area (Å²) in [4.78, 5) is 26.2. The van der Waals surface area contributed by atoms with Gasteiger partial charge in [0.25, 0.3) is 0 Å². The van der Waals surface area contributed by atoms with Crippen LogP contribution in [0.2, 0.25) is 0 Å². The van der Waals surface area contributed by atoms with Crippen molar-refractivity contribution in [3.05, 3.63) is 77.1 Å². The minimum Gasteiger partial charge on any atom is -0.497 e. The van der Waals surface area contributed by atoms with E-state index in [-0.39, 0.29) is 44.7 Å². The Kier molecular flexibility index (Phi) is 9.19. The van der Waals surface area contributed by atoms with Crippen LogP contribution in [-0.2, 0) is 30.8 Å². The van der Waals surface area contributed by atoms with Crippen LogP contribution in [0.15, 0.2) is 59.6 Å². The summed E-state index contributed by atoms with van der Waals surface area (Å²) in [7, 11) is -2.55. The fourth-order valence-corrected chi connectivity index (χ4v) is 7.93. The third-order valence-corrected chi connectivity index (χ3v) is 10.5. The van der Waals surface area contributed by atoms with Gasteiger partial charge in [-0.25, -0.2) is 27.6 Å². The molecule has 0 radical (unpaired) electrons. The topological polar surface area (TPSA) is 141 Å². The number of amides is 1. The second-order valence-corrected chi connectivity index (χ2v) is 15.6. The van der Waals surface area contributed by atoms with Crippen LogP contribution in [0.5, 0.6) is 11.5 Å². The Balaban J connectivity index is 1.72. The molecule has 47 heavy (non-hydrogen) atoms. The Hall–Kier alpha value is -4.69. The van der Waals surface area contributed by atoms with Crippen LogP contribution in [0.25, 0.3) is 21.9 Å². The van der Waals surface area contributed by atoms with Gasteiger partial charge in [-0.3, -0.25) is 4.90 Å². The first kappa shape index (κ1) is 33.7. The Morgan fingerprint density at radius 1 is 0.957 bits per heavy atom. The number of aryl methyl sites for hydroxylation is 1. The Morgan fingerprint density at radius 2 is 1.53 bits per heavy atom. The molecule has 0 saturated heterocycles. The molecule has 14 heteroatoms. The van der Waals surface area contributed by atoms with Gasteiger partial charge in [0.1, 0.15) is 28.6 Å². The molecule has 0 spiro atoms. The number of rotatable bonds is 9. The van der Waals surface area contributed by atoms with Crippen LogP contribution in [0, 0.1) is 12.7 Å². The number of hydrogen-bond acceptors (Lipinski definition) is 9. The van der Waals surface area contributed by atoms with E-state index < -0.39 is 46.8 Å². The summed E-state index contributed by atoms with van der Waals surface area (Å²) in [6.45, 7) is 6.62. The molecule has 5 aromatic rings. The lowest BCUT2D eigenvalue weighted by atomic mass is 10.1. The van der Waals surface area contributed by atoms with Crippen molar-refractivity contribution in [3.63, 3.8) is 0 Å². The Bertz CT molecular complexity index is 2110. The van der Waals surface area contributed by atoms with Gasteiger partial charge in [-0.15, -0.1) is 0 Å². The summed E-state index contributed by atoms with van der Waals surface area (Å²) < 4.78 is 73.6. The van der Waals surface area contributed by atoms with Gasteiger partial charge in [0.05, 0.1) is 36.6 Å². The molecule has 0 unspecified atom stereocenters. The lowest BCUT2D eigenvalue weighted by molar-refractivity contribution is 0.0589. The number of methoxy groups -OCH3 is 2. The van der Waals surface area contributed by atoms with E-state index in [1.165, 1.54) is 27.1 Å². The van der Waals surface area contributed by atoms with Gasteiger partial charge < -0.3 is 23.7 Å². The number of H-pyrrole nitrogens is 1. The molecular weight excluding hydrogens is 644 g/mol. The maximum Gasteiger partial charge on any atom is 0.414 e. The number of carbonyl (C=O) groups excluding carboxylic acids is 1. The van der Waals surface area contributed by atoms with E-state index in [1.807, 2.05) is 0 Å². The number of fused-ring (bicyclic) bond motifs is 3. The van der Waals surface area contributed by atoms with E-state index in [4.69, 9.17) is 14.2 Å². The molecule has 2 heterocycles. The second kappa shape index (κ2) is 12.8. The summed E-state index contributed by atoms with van der Waals surface area (Å²) in [5.74, 6) is 0.0536. The number of hydrogen-bond donors (Lipinski definition) is 1. The fraction of sp³-hybridized carbons (Fsp3) is 0.303. The molecule has 2 aromatic heterocycles. The van der Waals surface area contributed by atoms with Crippen LogP contribution < -0.4 is 19.8 Å². The first-order chi connectivity index (χ1) is 22.1. The Morgan fingerprint density at radius 3 is 2.09 bits per heavy atom. The van der Waals surface area contributed by atoms with Crippen molar-refractivity contribution in [2.24, 2.45) is 0 Å². The predicted octanol–water partition coefficient (Wildman–Crippen LogP) is 5.33. The summed E-state index contributed by atoms with van der Waals surface area (Å²) >= 11 is 0. The number of nitrogens with one attached hydrogen (secondary N) is 1. The molecule has 1 amide bonds. The largest absolute Gasteiger partial charge is 0.497 e. The average Bonchev–Trinajstić information content (AvgIpc) is 3.41. The quantitative estimate of drug-likeness (QED) is 0.162. The molecule has 5 rings (SSSR count). The number of anilines is 1. The summed E-state index contributed by atoms with van der Waals surface area (Å²) in [6, 6.07) is 14.7. The number of ether oxygens (including phenoxy) is 3. The highest BCUT2D eigenvalue weighted by atomic mass is 32.2. The van der Waals surface area contributed by atoms with E-state index >= 15 is 4.39 Å². The molecule has 246 valence electrons. The van der Waals surface area contributed by atoms with Gasteiger partial charge in [-0.1, -0.05) is 24.3 Å². The number of nitrogens with zero attached hydrogens (tertiary/aromatic N) is 3. The first-order valence-corrected chi connectivity index (χ1v) is 17.9. The van der Waals surface area contributed by atoms with Crippen LogP contribution in [0.3, 0.4) is 0 Å². The van der Waals surface area contributed by atoms with E-state index in [0.29, 0.717) is 17.1 Å². The molecule has 1 N–H and O–H groups in total. The smallest absolute Gasteiger partial charge is 0.414 e. The van der Waals surface area contributed by atoms with Crippen molar-refractivity contribution < 1.29 is 36.3 Å². The third-order valence-electron chi connectivity index (χ3n) is 7.48. The number of aromatic nitrogens is 3. The minimum absolute atomic E-state index is 0.0346. The molecule has 0 fully saturated rings. The number of carbonyl (C=O) groups is 1. The molecule has 0 aliphatic heterocycles. The zero-order valence-corrected chi connectivity index (χ0v) is 28.9. The SMILES string of the molecule is COc1ccc(C[Si](=O)c2nc(S(=O)(=O)Cc3ccc(OC)cc3)c3c(n2)[nH]c2c(N(C)C(=O)OC(C)(C)C)cc(F)c(C)c23)cc1. The van der Waals surface area contributed by atoms with Crippen molar-refractivity contribution in [1.29, 1.82) is 0 Å². The van der Waals surface area contributed by atoms with Gasteiger partial charge in [0.2, 0.25) is 9.84 Å². The van der Waals surface area contributed by atoms with Crippen LogP contribution in [-0.4, -0.2) is 65.0 Å². The van der Waals surface area contributed by atoms with Gasteiger partial charge >= 0.3 is 14.8 Å². The van der Waals surface area contributed by atoms with Crippen molar-refractivity contribution >= 4 is 57.7 Å². The molecule has 0 saturated carbocycles. The zero-order chi connectivity index (χ0) is 34.3. The molecule has 0 atom stereocenters. The predicted molar refractivity (Wildman–Crippen MR) is 177 cm³/mol. The minimum atomic E-state index is -4.24. The average molecular weight is 679 g/mol. The maximum absolute atomic E-state index is 15.6. The van der Waals surface area contributed by atoms with Gasteiger partial charge in [0, 0.05) is 24.5 Å². The number of halogens is 1. The number of aromatic amines is 1. The standard InChI is InChI=1S/C33H35FN4O7SSi/c1-19-24(34)16-25(38(5)32(39)45-33(2,3)4)28-26(19)27-29(35-28)36-31(47(42)18-21-10-14-23(44-7)15-11-21)37-30(27)46(40,41)17-20-8-12-22(43-6)13-9-20/h8-16H,17-18H2,1-7H3,(H,35,36,37). The highest BCUT2D eigenvalue weighted by Crippen LogP contribution is 2.38. The number of benzene rings is 3. The van der Waals surface area contributed by atoms with E-state index in [9.17, 15) is 17.7 Å². The fourth-order valence-electron chi connectivity index (χ4n) is 5.11. The highest BCUT2D eigenvalue weighted by Gasteiger charge is 2.31. The van der Waals surface area contributed by atoms with Crippen molar-refractivity contribution in [3.8, 4) is 11.5 Å². The first-order valence-electron chi connectivity index (χ1n) is 14.6. The molecule has 3 aromatic carbocycles. The molecule has 0 bridgehead atoms. The summed E-state index contributed by atoms with van der Waals surface area (Å²) in [6.07, 6.45) is -0.746. The number of sulfone groups is 1. The van der Waals surface area contributed by atoms with Crippen molar-refractivity contribution in [2.75, 3.05) is 26.2 Å². The van der Waals surface area contributed by atoms with Crippen LogP contribution in [0.4, 0.5) is 14.9 Å². The van der Waals surface area contributed by atoms with E-state index in [0.717, 1.165) is 10.5 Å². The van der Waals surface area contributed by atoms with Gasteiger partial charge in [0.15, 0.2) is 10.5 Å². The van der Waals surface area contributed by atoms with Crippen LogP contribution >= 0.6 is 0 Å². The van der Waals surface area contributed by atoms with E-state index in [1.54, 1.807) is 76.4 Å². The van der Waals surface area contributed by atoms with Gasteiger partial charge in [-0.05, 0) is 68.7 Å². The summed E-state index contributed by atoms with van der Waals surface area (Å²) in [5.41, 5.74) is 0.701. The van der Waals surface area contributed by atoms with Gasteiger partial charge in [-0.2, -0.15) is 0 Å². The molecular formula is C33H35FN4O7SSi. The van der Waals surface area contributed by atoms with Crippen molar-refractivity contribution in [1.82, 2.24) is 15.0 Å². The lowest BCUT2D eigenvalue weighted by Crippen LogP contribution is -2.34. The molecule has 0 aliphatic rings. The normalized spacial score (nSPS) is 11.9. The zero-order valence-electron chi connectivity index (χ0n) is 27.1. The Labute approximate surface area is 273 Å². The van der Waals surface area contributed by atoms with E-state index in [2.05, 4.69) is 15.0 Å². The molecule has 11 nitrogen and oxygen atoms in total. The maximum atomic E-state index is 15.6.